The Morgan fingerprint density at radius 2 is 0.862 bits per heavy atom. The lowest BCUT2D eigenvalue weighted by atomic mass is 9.70. The van der Waals surface area contributed by atoms with Gasteiger partial charge in [-0.2, -0.15) is 0 Å². The Balaban J connectivity index is 1.03. The van der Waals surface area contributed by atoms with Crippen molar-refractivity contribution in [3.05, 3.63) is 216 Å². The average molecular weight is 733 g/mol. The Labute approximate surface area is 334 Å². The molecule has 0 saturated heterocycles. The van der Waals surface area contributed by atoms with E-state index in [1.807, 2.05) is 6.07 Å². The van der Waals surface area contributed by atoms with Crippen molar-refractivity contribution in [2.24, 2.45) is 0 Å². The Morgan fingerprint density at radius 1 is 0.276 bits per heavy atom. The molecule has 0 bridgehead atoms. The van der Waals surface area contributed by atoms with E-state index in [2.05, 4.69) is 188 Å². The first kappa shape index (κ1) is 30.7. The third-order valence-corrected chi connectivity index (χ3v) is 13.6. The molecule has 2 aliphatic carbocycles. The number of hydrogen-bond acceptors (Lipinski definition) is 1. The van der Waals surface area contributed by atoms with Crippen molar-refractivity contribution in [3.8, 4) is 44.5 Å². The smallest absolute Gasteiger partial charge is 0.136 e. The van der Waals surface area contributed by atoms with Crippen molar-refractivity contribution in [2.45, 2.75) is 5.41 Å². The molecule has 14 rings (SSSR count). The molecule has 1 heterocycles. The van der Waals surface area contributed by atoms with Crippen LogP contribution in [0.3, 0.4) is 0 Å². The normalized spacial score (nSPS) is 13.7. The van der Waals surface area contributed by atoms with Gasteiger partial charge in [0.15, 0.2) is 0 Å². The van der Waals surface area contributed by atoms with Gasteiger partial charge in [-0.1, -0.05) is 146 Å². The lowest BCUT2D eigenvalue weighted by Gasteiger charge is -2.31. The van der Waals surface area contributed by atoms with Gasteiger partial charge in [0.2, 0.25) is 0 Å². The molecule has 0 fully saturated rings. The molecule has 0 N–H and O–H groups in total. The highest BCUT2D eigenvalue weighted by atomic mass is 16.3. The van der Waals surface area contributed by atoms with Crippen LogP contribution in [0, 0.1) is 0 Å². The van der Waals surface area contributed by atoms with Crippen molar-refractivity contribution >= 4 is 65.0 Å². The van der Waals surface area contributed by atoms with Crippen LogP contribution in [0.4, 0.5) is 0 Å². The maximum absolute atomic E-state index is 6.40. The molecule has 1 aromatic heterocycles. The van der Waals surface area contributed by atoms with Crippen LogP contribution in [0.1, 0.15) is 22.3 Å². The van der Waals surface area contributed by atoms with E-state index in [4.69, 9.17) is 4.42 Å². The molecule has 0 atom stereocenters. The summed E-state index contributed by atoms with van der Waals surface area (Å²) in [4.78, 5) is 0. The quantitative estimate of drug-likeness (QED) is 0.161. The predicted octanol–water partition coefficient (Wildman–Crippen LogP) is 15.3. The summed E-state index contributed by atoms with van der Waals surface area (Å²) in [6.45, 7) is 0. The molecule has 11 aromatic carbocycles. The van der Waals surface area contributed by atoms with Crippen molar-refractivity contribution in [1.29, 1.82) is 0 Å². The average Bonchev–Trinajstić information content (AvgIpc) is 3.90. The van der Waals surface area contributed by atoms with Crippen LogP contribution in [-0.2, 0) is 5.41 Å². The van der Waals surface area contributed by atoms with E-state index in [-0.39, 0.29) is 0 Å². The highest BCUT2D eigenvalue weighted by Crippen LogP contribution is 2.64. The minimum absolute atomic E-state index is 0.478. The molecule has 58 heavy (non-hydrogen) atoms. The maximum Gasteiger partial charge on any atom is 0.136 e. The van der Waals surface area contributed by atoms with Crippen molar-refractivity contribution < 1.29 is 4.42 Å². The zero-order valence-corrected chi connectivity index (χ0v) is 31.4. The van der Waals surface area contributed by atoms with Gasteiger partial charge in [-0.25, -0.2) is 0 Å². The van der Waals surface area contributed by atoms with Gasteiger partial charge in [-0.05, 0) is 158 Å². The topological polar surface area (TPSA) is 13.1 Å². The van der Waals surface area contributed by atoms with Crippen LogP contribution in [0.2, 0.25) is 0 Å². The fourth-order valence-electron chi connectivity index (χ4n) is 11.2. The summed E-state index contributed by atoms with van der Waals surface area (Å²) < 4.78 is 6.40. The van der Waals surface area contributed by atoms with E-state index in [9.17, 15) is 0 Å². The number of rotatable bonds is 2. The van der Waals surface area contributed by atoms with E-state index in [0.29, 0.717) is 0 Å². The molecule has 0 saturated carbocycles. The van der Waals surface area contributed by atoms with E-state index in [1.54, 1.807) is 0 Å². The van der Waals surface area contributed by atoms with Gasteiger partial charge in [-0.3, -0.25) is 0 Å². The van der Waals surface area contributed by atoms with Gasteiger partial charge in [0.25, 0.3) is 0 Å². The largest absolute Gasteiger partial charge is 0.456 e. The van der Waals surface area contributed by atoms with Crippen molar-refractivity contribution in [1.82, 2.24) is 0 Å². The van der Waals surface area contributed by atoms with Crippen molar-refractivity contribution in [3.63, 3.8) is 0 Å². The van der Waals surface area contributed by atoms with Crippen LogP contribution < -0.4 is 0 Å². The molecule has 0 unspecified atom stereocenters. The van der Waals surface area contributed by atoms with Crippen LogP contribution in [0.5, 0.6) is 0 Å². The van der Waals surface area contributed by atoms with Gasteiger partial charge in [0, 0.05) is 10.8 Å². The SMILES string of the molecule is c1ccc2c(c1)-c1ccccc1C21c2cc(-c3cc4ccc5cccc6ccc(c3)c4c56)ccc2-c2cc3cccc(-c4ccc5c(c4)oc4ccccc45)c3cc21. The lowest BCUT2D eigenvalue weighted by molar-refractivity contribution is 0.669. The number of furan rings is 1. The number of hydrogen-bond donors (Lipinski definition) is 0. The first-order valence-corrected chi connectivity index (χ1v) is 20.2. The highest BCUT2D eigenvalue weighted by Gasteiger charge is 2.51. The third kappa shape index (κ3) is 3.81. The van der Waals surface area contributed by atoms with Crippen molar-refractivity contribution in [2.75, 3.05) is 0 Å². The monoisotopic (exact) mass is 732 g/mol. The van der Waals surface area contributed by atoms with Gasteiger partial charge >= 0.3 is 0 Å². The minimum atomic E-state index is -0.478. The summed E-state index contributed by atoms with van der Waals surface area (Å²) in [5.74, 6) is 0. The van der Waals surface area contributed by atoms with Crippen LogP contribution in [0.15, 0.2) is 199 Å². The number of benzene rings is 11. The molecule has 0 amide bonds. The van der Waals surface area contributed by atoms with Gasteiger partial charge in [-0.15, -0.1) is 0 Å². The second-order valence-corrected chi connectivity index (χ2v) is 16.3. The van der Waals surface area contributed by atoms with Gasteiger partial charge in [0.1, 0.15) is 11.2 Å². The Kier molecular flexibility index (Phi) is 5.76. The number of fused-ring (bicyclic) bond motifs is 14. The summed E-state index contributed by atoms with van der Waals surface area (Å²) in [6, 6.07) is 72.9. The summed E-state index contributed by atoms with van der Waals surface area (Å²) in [7, 11) is 0. The molecule has 0 radical (unpaired) electrons. The molecule has 1 heteroatoms. The van der Waals surface area contributed by atoms with E-state index in [1.165, 1.54) is 104 Å². The fraction of sp³-hybridized carbons (Fsp3) is 0.0175. The van der Waals surface area contributed by atoms with E-state index < -0.39 is 5.41 Å². The molecule has 12 aromatic rings. The summed E-state index contributed by atoms with van der Waals surface area (Å²) in [6.07, 6.45) is 0. The van der Waals surface area contributed by atoms with E-state index in [0.717, 1.165) is 27.5 Å². The summed E-state index contributed by atoms with van der Waals surface area (Å²) in [5, 5.41) is 12.7. The molecule has 266 valence electrons. The minimum Gasteiger partial charge on any atom is -0.456 e. The predicted molar refractivity (Wildman–Crippen MR) is 242 cm³/mol. The second kappa shape index (κ2) is 10.9. The van der Waals surface area contributed by atoms with Crippen LogP contribution in [-0.4, -0.2) is 0 Å². The van der Waals surface area contributed by atoms with Gasteiger partial charge in [0.05, 0.1) is 5.41 Å². The third-order valence-electron chi connectivity index (χ3n) is 13.6. The zero-order valence-electron chi connectivity index (χ0n) is 31.4. The molecule has 2 aliphatic rings. The Bertz CT molecular complexity index is 3640. The highest BCUT2D eigenvalue weighted by molar-refractivity contribution is 6.24. The molecule has 1 nitrogen and oxygen atoms in total. The second-order valence-electron chi connectivity index (χ2n) is 16.3. The first-order valence-electron chi connectivity index (χ1n) is 20.2. The van der Waals surface area contributed by atoms with E-state index >= 15 is 0 Å². The fourth-order valence-corrected chi connectivity index (χ4v) is 11.2. The Morgan fingerprint density at radius 3 is 1.66 bits per heavy atom. The molecular weight excluding hydrogens is 701 g/mol. The maximum atomic E-state index is 6.40. The van der Waals surface area contributed by atoms with Gasteiger partial charge < -0.3 is 4.42 Å². The zero-order chi connectivity index (χ0) is 37.7. The molecular formula is C57H32O. The van der Waals surface area contributed by atoms with Crippen LogP contribution in [0.25, 0.3) is 110 Å². The summed E-state index contributed by atoms with van der Waals surface area (Å²) >= 11 is 0. The standard InChI is InChI=1S/C57H32O/c1-4-16-49-42(12-1)43-13-2-5-17-50(43)57(49)51-30-35(40-27-38-21-19-33-9-7-10-34-20-22-39(28-40)56(38)55(33)34)23-25-44(51)48-29-36-11-8-15-41(47(36)32-52(48)57)37-24-26-46-45-14-3-6-18-53(45)58-54(46)31-37/h1-32H. The lowest BCUT2D eigenvalue weighted by Crippen LogP contribution is -2.26. The summed E-state index contributed by atoms with van der Waals surface area (Å²) in [5.41, 5.74) is 16.8. The molecule has 0 aliphatic heterocycles. The molecule has 1 spiro atoms. The Hall–Kier alpha value is -7.48. The first-order chi connectivity index (χ1) is 28.7. The van der Waals surface area contributed by atoms with Crippen LogP contribution >= 0.6 is 0 Å². The number of para-hydroxylation sites is 1.